The molecule has 2 aromatic carbocycles. The lowest BCUT2D eigenvalue weighted by Gasteiger charge is -2.20. The van der Waals surface area contributed by atoms with Gasteiger partial charge in [0, 0.05) is 42.9 Å². The lowest BCUT2D eigenvalue weighted by Crippen LogP contribution is -2.32. The summed E-state index contributed by atoms with van der Waals surface area (Å²) in [6.07, 6.45) is 8.17. The number of nitrogens with one attached hydrogen (secondary N) is 1. The minimum absolute atomic E-state index is 0.159. The summed E-state index contributed by atoms with van der Waals surface area (Å²) in [4.78, 5) is 13.2. The molecular formula is C26H31N5O3S. The van der Waals surface area contributed by atoms with Crippen molar-refractivity contribution in [3.05, 3.63) is 59.9 Å². The van der Waals surface area contributed by atoms with Gasteiger partial charge < -0.3 is 9.88 Å². The van der Waals surface area contributed by atoms with Gasteiger partial charge in [-0.2, -0.15) is 4.31 Å². The summed E-state index contributed by atoms with van der Waals surface area (Å²) in [5, 5.41) is 11.7. The minimum atomic E-state index is -3.63. The Morgan fingerprint density at radius 1 is 0.829 bits per heavy atom. The molecule has 5 rings (SSSR count). The smallest absolute Gasteiger partial charge is 0.255 e. The maximum Gasteiger partial charge on any atom is 0.255 e. The average Bonchev–Trinajstić information content (AvgIpc) is 3.05. The highest BCUT2D eigenvalue weighted by molar-refractivity contribution is 7.89. The standard InChI is InChI=1S/C26H31N5O3S/c32-26(21-11-9-13-23(19-21)35(33,34)30-15-5-1-2-6-16-30)27-22-12-8-10-20(18-22)25-29-28-24-14-4-3-7-17-31(24)25/h8-13,18-19H,1-7,14-17H2,(H,27,32). The highest BCUT2D eigenvalue weighted by atomic mass is 32.2. The normalized spacial score (nSPS) is 17.3. The van der Waals surface area contributed by atoms with Crippen LogP contribution in [0.3, 0.4) is 0 Å². The molecule has 1 amide bonds. The van der Waals surface area contributed by atoms with Gasteiger partial charge in [0.25, 0.3) is 5.91 Å². The number of nitrogens with zero attached hydrogens (tertiary/aromatic N) is 4. The number of anilines is 1. The number of fused-ring (bicyclic) bond motifs is 1. The zero-order valence-electron chi connectivity index (χ0n) is 19.8. The summed E-state index contributed by atoms with van der Waals surface area (Å²) >= 11 is 0. The third kappa shape index (κ3) is 5.16. The molecule has 184 valence electrons. The zero-order valence-corrected chi connectivity index (χ0v) is 20.6. The van der Waals surface area contributed by atoms with Gasteiger partial charge >= 0.3 is 0 Å². The van der Waals surface area contributed by atoms with Gasteiger partial charge in [-0.1, -0.05) is 37.5 Å². The van der Waals surface area contributed by atoms with Gasteiger partial charge in [0.2, 0.25) is 10.0 Å². The first kappa shape index (κ1) is 23.7. The number of amides is 1. The molecule has 0 aliphatic carbocycles. The fourth-order valence-electron chi connectivity index (χ4n) is 4.87. The lowest BCUT2D eigenvalue weighted by atomic mass is 10.1. The predicted molar refractivity (Wildman–Crippen MR) is 135 cm³/mol. The van der Waals surface area contributed by atoms with Gasteiger partial charge in [0.05, 0.1) is 4.90 Å². The van der Waals surface area contributed by atoms with Crippen molar-refractivity contribution in [2.45, 2.75) is 62.8 Å². The summed E-state index contributed by atoms with van der Waals surface area (Å²) in [6, 6.07) is 13.8. The van der Waals surface area contributed by atoms with E-state index in [1.165, 1.54) is 12.5 Å². The van der Waals surface area contributed by atoms with Crippen LogP contribution in [0.4, 0.5) is 5.69 Å². The molecule has 0 bridgehead atoms. The summed E-state index contributed by atoms with van der Waals surface area (Å²) in [5.74, 6) is 1.47. The number of rotatable bonds is 5. The quantitative estimate of drug-likeness (QED) is 0.565. The molecular weight excluding hydrogens is 462 g/mol. The van der Waals surface area contributed by atoms with E-state index in [1.54, 1.807) is 22.5 Å². The summed E-state index contributed by atoms with van der Waals surface area (Å²) < 4.78 is 30.1. The largest absolute Gasteiger partial charge is 0.322 e. The van der Waals surface area contributed by atoms with Gasteiger partial charge in [-0.15, -0.1) is 10.2 Å². The van der Waals surface area contributed by atoms with E-state index in [-0.39, 0.29) is 10.8 Å². The number of carbonyl (C=O) groups excluding carboxylic acids is 1. The Balaban J connectivity index is 1.35. The molecule has 1 fully saturated rings. The van der Waals surface area contributed by atoms with E-state index in [1.807, 2.05) is 24.3 Å². The molecule has 0 unspecified atom stereocenters. The third-order valence-corrected chi connectivity index (χ3v) is 8.68. The Morgan fingerprint density at radius 3 is 2.40 bits per heavy atom. The van der Waals surface area contributed by atoms with Crippen molar-refractivity contribution < 1.29 is 13.2 Å². The first-order valence-corrected chi connectivity index (χ1v) is 13.9. The van der Waals surface area contributed by atoms with E-state index in [4.69, 9.17) is 0 Å². The van der Waals surface area contributed by atoms with Crippen LogP contribution >= 0.6 is 0 Å². The Kier molecular flexibility index (Phi) is 6.97. The number of benzene rings is 2. The first-order chi connectivity index (χ1) is 17.0. The van der Waals surface area contributed by atoms with Gasteiger partial charge in [-0.05, 0) is 56.0 Å². The molecule has 35 heavy (non-hydrogen) atoms. The van der Waals surface area contributed by atoms with Gasteiger partial charge in [-0.3, -0.25) is 4.79 Å². The fourth-order valence-corrected chi connectivity index (χ4v) is 6.43. The topological polar surface area (TPSA) is 97.2 Å². The van der Waals surface area contributed by atoms with E-state index in [9.17, 15) is 13.2 Å². The van der Waals surface area contributed by atoms with Crippen molar-refractivity contribution in [2.24, 2.45) is 0 Å². The Hall–Kier alpha value is -3.04. The Bertz CT molecular complexity index is 1310. The van der Waals surface area contributed by atoms with Crippen LogP contribution in [-0.2, 0) is 23.0 Å². The van der Waals surface area contributed by atoms with Crippen molar-refractivity contribution in [3.8, 4) is 11.4 Å². The third-order valence-electron chi connectivity index (χ3n) is 6.79. The molecule has 1 aromatic heterocycles. The van der Waals surface area contributed by atoms with Gasteiger partial charge in [-0.25, -0.2) is 8.42 Å². The van der Waals surface area contributed by atoms with E-state index in [2.05, 4.69) is 20.1 Å². The zero-order chi connectivity index (χ0) is 24.3. The summed E-state index contributed by atoms with van der Waals surface area (Å²) in [5.41, 5.74) is 1.82. The number of sulfonamides is 1. The maximum atomic E-state index is 13.2. The monoisotopic (exact) mass is 493 g/mol. The van der Waals surface area contributed by atoms with Crippen LogP contribution in [0.2, 0.25) is 0 Å². The number of hydrogen-bond donors (Lipinski definition) is 1. The van der Waals surface area contributed by atoms with E-state index < -0.39 is 10.0 Å². The minimum Gasteiger partial charge on any atom is -0.322 e. The van der Waals surface area contributed by atoms with Gasteiger partial charge in [0.15, 0.2) is 5.82 Å². The predicted octanol–water partition coefficient (Wildman–Crippen LogP) is 4.49. The highest BCUT2D eigenvalue weighted by Crippen LogP contribution is 2.26. The number of aromatic nitrogens is 3. The molecule has 1 N–H and O–H groups in total. The average molecular weight is 494 g/mol. The van der Waals surface area contributed by atoms with Crippen LogP contribution in [0.5, 0.6) is 0 Å². The van der Waals surface area contributed by atoms with Crippen molar-refractivity contribution in [1.82, 2.24) is 19.1 Å². The second-order valence-electron chi connectivity index (χ2n) is 9.28. The summed E-state index contributed by atoms with van der Waals surface area (Å²) in [7, 11) is -3.63. The van der Waals surface area contributed by atoms with Crippen LogP contribution in [0, 0.1) is 0 Å². The fraction of sp³-hybridized carbons (Fsp3) is 0.423. The van der Waals surface area contributed by atoms with Crippen LogP contribution in [0.15, 0.2) is 53.4 Å². The van der Waals surface area contributed by atoms with E-state index >= 15 is 0 Å². The second kappa shape index (κ2) is 10.3. The molecule has 2 aliphatic rings. The number of hydrogen-bond acceptors (Lipinski definition) is 5. The molecule has 0 spiro atoms. The number of carbonyl (C=O) groups is 1. The number of aryl methyl sites for hydroxylation is 1. The Morgan fingerprint density at radius 2 is 1.57 bits per heavy atom. The molecule has 1 saturated heterocycles. The van der Waals surface area contributed by atoms with Crippen molar-refractivity contribution in [1.29, 1.82) is 0 Å². The van der Waals surface area contributed by atoms with Crippen LogP contribution in [0.25, 0.3) is 11.4 Å². The maximum absolute atomic E-state index is 13.2. The molecule has 0 saturated carbocycles. The van der Waals surface area contributed by atoms with Crippen LogP contribution in [0.1, 0.15) is 61.1 Å². The summed E-state index contributed by atoms with van der Waals surface area (Å²) in [6.45, 7) is 1.95. The van der Waals surface area contributed by atoms with Crippen LogP contribution in [-0.4, -0.2) is 46.5 Å². The molecule has 2 aliphatic heterocycles. The molecule has 8 nitrogen and oxygen atoms in total. The first-order valence-electron chi connectivity index (χ1n) is 12.5. The van der Waals surface area contributed by atoms with E-state index in [0.717, 1.165) is 68.7 Å². The van der Waals surface area contributed by atoms with Crippen molar-refractivity contribution >= 4 is 21.6 Å². The SMILES string of the molecule is O=C(Nc1cccc(-c2nnc3n2CCCCC3)c1)c1cccc(S(=O)(=O)N2CCCCCC2)c1. The van der Waals surface area contributed by atoms with E-state index in [0.29, 0.717) is 24.3 Å². The van der Waals surface area contributed by atoms with Crippen molar-refractivity contribution in [3.63, 3.8) is 0 Å². The van der Waals surface area contributed by atoms with Crippen LogP contribution < -0.4 is 5.32 Å². The van der Waals surface area contributed by atoms with Gasteiger partial charge in [0.1, 0.15) is 5.82 Å². The lowest BCUT2D eigenvalue weighted by molar-refractivity contribution is 0.102. The molecule has 3 heterocycles. The highest BCUT2D eigenvalue weighted by Gasteiger charge is 2.26. The Labute approximate surface area is 206 Å². The second-order valence-corrected chi connectivity index (χ2v) is 11.2. The molecule has 0 atom stereocenters. The van der Waals surface area contributed by atoms with Crippen molar-refractivity contribution in [2.75, 3.05) is 18.4 Å². The molecule has 0 radical (unpaired) electrons. The molecule has 3 aromatic rings. The molecule has 9 heteroatoms.